The lowest BCUT2D eigenvalue weighted by molar-refractivity contribution is -0.139. The summed E-state index contributed by atoms with van der Waals surface area (Å²) in [6.07, 6.45) is 1.71. The molecule has 0 aliphatic carbocycles. The summed E-state index contributed by atoms with van der Waals surface area (Å²) >= 11 is 2.41. The van der Waals surface area contributed by atoms with Crippen molar-refractivity contribution >= 4 is 40.1 Å². The van der Waals surface area contributed by atoms with Gasteiger partial charge in [0.1, 0.15) is 0 Å². The molecule has 2 aromatic heterocycles. The molecule has 0 saturated carbocycles. The molecular weight excluding hydrogens is 352 g/mol. The molecule has 2 heterocycles. The van der Waals surface area contributed by atoms with Gasteiger partial charge in [-0.25, -0.2) is 4.98 Å². The van der Waals surface area contributed by atoms with E-state index in [9.17, 15) is 14.4 Å². The monoisotopic (exact) mass is 368 g/mol. The van der Waals surface area contributed by atoms with Crippen molar-refractivity contribution in [1.29, 1.82) is 0 Å². The van der Waals surface area contributed by atoms with Crippen LogP contribution in [-0.4, -0.2) is 39.3 Å². The van der Waals surface area contributed by atoms with Crippen LogP contribution in [0.25, 0.3) is 0 Å². The second-order valence-electron chi connectivity index (χ2n) is 4.57. The highest BCUT2D eigenvalue weighted by Crippen LogP contribution is 2.18. The molecule has 24 heavy (non-hydrogen) atoms. The van der Waals surface area contributed by atoms with Gasteiger partial charge in [0.05, 0.1) is 25.0 Å². The van der Waals surface area contributed by atoms with Gasteiger partial charge in [0.15, 0.2) is 10.3 Å². The van der Waals surface area contributed by atoms with E-state index in [1.807, 2.05) is 6.92 Å². The number of esters is 1. The minimum Gasteiger partial charge on any atom is -0.469 e. The van der Waals surface area contributed by atoms with Crippen LogP contribution in [-0.2, 0) is 27.3 Å². The summed E-state index contributed by atoms with van der Waals surface area (Å²) in [5.41, 5.74) is 0.203. The van der Waals surface area contributed by atoms with Crippen LogP contribution in [0.4, 0.5) is 5.13 Å². The fourth-order valence-corrected chi connectivity index (χ4v) is 3.29. The SMILES string of the molecule is CCn1ccc(=O)nc1SCC(=O)Nc1nc(CC(=O)OC)cs1. The molecule has 0 aliphatic rings. The summed E-state index contributed by atoms with van der Waals surface area (Å²) in [7, 11) is 1.31. The van der Waals surface area contributed by atoms with Crippen LogP contribution in [0.3, 0.4) is 0 Å². The lowest BCUT2D eigenvalue weighted by atomic mass is 10.3. The minimum absolute atomic E-state index is 0.0638. The Balaban J connectivity index is 1.91. The van der Waals surface area contributed by atoms with Gasteiger partial charge in [-0.1, -0.05) is 11.8 Å². The van der Waals surface area contributed by atoms with Gasteiger partial charge in [0.25, 0.3) is 5.56 Å². The Morgan fingerprint density at radius 1 is 1.42 bits per heavy atom. The lowest BCUT2D eigenvalue weighted by Gasteiger charge is -2.08. The van der Waals surface area contributed by atoms with E-state index in [0.29, 0.717) is 22.5 Å². The third kappa shape index (κ3) is 5.17. The normalized spacial score (nSPS) is 10.4. The number of anilines is 1. The summed E-state index contributed by atoms with van der Waals surface area (Å²) in [5, 5.41) is 5.25. The Bertz CT molecular complexity index is 787. The van der Waals surface area contributed by atoms with E-state index in [0.717, 1.165) is 0 Å². The first kappa shape index (κ1) is 18.1. The van der Waals surface area contributed by atoms with E-state index >= 15 is 0 Å². The van der Waals surface area contributed by atoms with Crippen molar-refractivity contribution in [2.24, 2.45) is 0 Å². The van der Waals surface area contributed by atoms with Crippen molar-refractivity contribution in [3.8, 4) is 0 Å². The molecule has 0 aliphatic heterocycles. The van der Waals surface area contributed by atoms with E-state index < -0.39 is 0 Å². The molecule has 1 amide bonds. The fraction of sp³-hybridized carbons (Fsp3) is 0.357. The van der Waals surface area contributed by atoms with Gasteiger partial charge in [-0.2, -0.15) is 4.98 Å². The van der Waals surface area contributed by atoms with Gasteiger partial charge in [0.2, 0.25) is 5.91 Å². The zero-order valence-corrected chi connectivity index (χ0v) is 14.8. The number of carbonyl (C=O) groups excluding carboxylic acids is 2. The van der Waals surface area contributed by atoms with E-state index in [1.165, 1.54) is 36.3 Å². The van der Waals surface area contributed by atoms with Crippen molar-refractivity contribution in [2.45, 2.75) is 25.0 Å². The van der Waals surface area contributed by atoms with Crippen LogP contribution in [0.5, 0.6) is 0 Å². The molecule has 0 atom stereocenters. The molecular formula is C14H16N4O4S2. The molecule has 0 bridgehead atoms. The lowest BCUT2D eigenvalue weighted by Crippen LogP contribution is -2.17. The standard InChI is InChI=1S/C14H16N4O4S2/c1-3-18-5-4-10(19)17-14(18)24-8-11(20)16-13-15-9(7-23-13)6-12(21)22-2/h4-5,7H,3,6,8H2,1-2H3,(H,15,16,20). The van der Waals surface area contributed by atoms with E-state index in [4.69, 9.17) is 0 Å². The number of hydrogen-bond acceptors (Lipinski definition) is 8. The largest absolute Gasteiger partial charge is 0.469 e. The van der Waals surface area contributed by atoms with Crippen LogP contribution in [0, 0.1) is 0 Å². The number of hydrogen-bond donors (Lipinski definition) is 1. The summed E-state index contributed by atoms with van der Waals surface area (Å²) < 4.78 is 6.35. The number of thiazole rings is 1. The number of ether oxygens (including phenoxy) is 1. The highest BCUT2D eigenvalue weighted by atomic mass is 32.2. The van der Waals surface area contributed by atoms with Crippen molar-refractivity contribution < 1.29 is 14.3 Å². The zero-order valence-electron chi connectivity index (χ0n) is 13.1. The number of nitrogens with one attached hydrogen (secondary N) is 1. The maximum atomic E-state index is 12.0. The second-order valence-corrected chi connectivity index (χ2v) is 6.37. The van der Waals surface area contributed by atoms with Gasteiger partial charge >= 0.3 is 5.97 Å². The predicted octanol–water partition coefficient (Wildman–Crippen LogP) is 1.17. The number of methoxy groups -OCH3 is 1. The maximum absolute atomic E-state index is 12.0. The van der Waals surface area contributed by atoms with E-state index in [2.05, 4.69) is 20.0 Å². The molecule has 10 heteroatoms. The average molecular weight is 368 g/mol. The Hall–Kier alpha value is -2.20. The number of carbonyl (C=O) groups is 2. The topological polar surface area (TPSA) is 103 Å². The first-order valence-electron chi connectivity index (χ1n) is 7.03. The molecule has 8 nitrogen and oxygen atoms in total. The predicted molar refractivity (Wildman–Crippen MR) is 91.4 cm³/mol. The summed E-state index contributed by atoms with van der Waals surface area (Å²) in [6, 6.07) is 1.38. The first-order chi connectivity index (χ1) is 11.5. The second kappa shape index (κ2) is 8.60. The molecule has 0 saturated heterocycles. The molecule has 0 spiro atoms. The number of thioether (sulfide) groups is 1. The third-order valence-electron chi connectivity index (χ3n) is 2.87. The number of nitrogens with zero attached hydrogens (tertiary/aromatic N) is 3. The van der Waals surface area contributed by atoms with Gasteiger partial charge in [-0.15, -0.1) is 11.3 Å². The van der Waals surface area contributed by atoms with E-state index in [1.54, 1.807) is 16.1 Å². The van der Waals surface area contributed by atoms with Gasteiger partial charge < -0.3 is 14.6 Å². The average Bonchev–Trinajstić information content (AvgIpc) is 2.99. The zero-order chi connectivity index (χ0) is 17.5. The summed E-state index contributed by atoms with van der Waals surface area (Å²) in [4.78, 5) is 42.5. The first-order valence-corrected chi connectivity index (χ1v) is 8.89. The van der Waals surface area contributed by atoms with Gasteiger partial charge in [0, 0.05) is 24.2 Å². The van der Waals surface area contributed by atoms with Crippen molar-refractivity contribution in [2.75, 3.05) is 18.2 Å². The Morgan fingerprint density at radius 2 is 2.21 bits per heavy atom. The molecule has 2 aromatic rings. The molecule has 2 rings (SSSR count). The summed E-state index contributed by atoms with van der Waals surface area (Å²) in [6.45, 7) is 2.58. The smallest absolute Gasteiger partial charge is 0.311 e. The highest BCUT2D eigenvalue weighted by molar-refractivity contribution is 7.99. The van der Waals surface area contributed by atoms with Crippen LogP contribution in [0.15, 0.2) is 27.6 Å². The fourth-order valence-electron chi connectivity index (χ4n) is 1.72. The molecule has 1 N–H and O–H groups in total. The van der Waals surface area contributed by atoms with Crippen molar-refractivity contribution in [3.05, 3.63) is 33.7 Å². The number of amides is 1. The Morgan fingerprint density at radius 3 is 2.92 bits per heavy atom. The van der Waals surface area contributed by atoms with Crippen molar-refractivity contribution in [1.82, 2.24) is 14.5 Å². The Kier molecular flexibility index (Phi) is 6.50. The third-order valence-corrected chi connectivity index (χ3v) is 4.67. The van der Waals surface area contributed by atoms with Crippen molar-refractivity contribution in [3.63, 3.8) is 0 Å². The van der Waals surface area contributed by atoms with Crippen LogP contribution < -0.4 is 10.9 Å². The number of aryl methyl sites for hydroxylation is 1. The molecule has 0 fully saturated rings. The maximum Gasteiger partial charge on any atom is 0.311 e. The number of aromatic nitrogens is 3. The highest BCUT2D eigenvalue weighted by Gasteiger charge is 2.11. The van der Waals surface area contributed by atoms with Gasteiger partial charge in [-0.3, -0.25) is 14.4 Å². The summed E-state index contributed by atoms with van der Waals surface area (Å²) in [5.74, 6) is -0.552. The van der Waals surface area contributed by atoms with Crippen LogP contribution in [0.1, 0.15) is 12.6 Å². The minimum atomic E-state index is -0.388. The molecule has 128 valence electrons. The molecule has 0 radical (unpaired) electrons. The molecule has 0 unspecified atom stereocenters. The van der Waals surface area contributed by atoms with Crippen LogP contribution >= 0.6 is 23.1 Å². The quantitative estimate of drug-likeness (QED) is 0.444. The van der Waals surface area contributed by atoms with Gasteiger partial charge in [-0.05, 0) is 6.92 Å². The Labute approximate surface area is 146 Å². The molecule has 0 aromatic carbocycles. The van der Waals surface area contributed by atoms with Crippen LogP contribution in [0.2, 0.25) is 0 Å². The van der Waals surface area contributed by atoms with E-state index in [-0.39, 0.29) is 29.6 Å². The number of rotatable bonds is 7.